The standard InChI is InChI=1S/C13H17N.C6H3N3O7/c1-2-3-8-13-12-7-5-4-6-11(12)9-10-14-13;10-6-4(8(13)14)1-3(7(11)12)2-5(6)9(15)16/h4-7H,2-3,8-10H2,1H3;1-2,10H. The molecule has 30 heavy (non-hydrogen) atoms. The number of aliphatic imine (C=N–C) groups is 1. The zero-order chi connectivity index (χ0) is 22.3. The molecular weight excluding hydrogens is 396 g/mol. The molecule has 1 heterocycles. The molecule has 0 atom stereocenters. The van der Waals surface area contributed by atoms with E-state index >= 15 is 0 Å². The van der Waals surface area contributed by atoms with Crippen molar-refractivity contribution in [1.82, 2.24) is 0 Å². The maximum atomic E-state index is 10.4. The maximum absolute atomic E-state index is 10.4. The average Bonchev–Trinajstić information content (AvgIpc) is 2.72. The van der Waals surface area contributed by atoms with Crippen molar-refractivity contribution < 1.29 is 19.9 Å². The molecule has 1 aliphatic heterocycles. The third kappa shape index (κ3) is 5.34. The average molecular weight is 416 g/mol. The summed E-state index contributed by atoms with van der Waals surface area (Å²) in [6.45, 7) is 3.21. The van der Waals surface area contributed by atoms with E-state index in [-0.39, 0.29) is 0 Å². The summed E-state index contributed by atoms with van der Waals surface area (Å²) in [4.78, 5) is 32.4. The van der Waals surface area contributed by atoms with Crippen LogP contribution in [0.15, 0.2) is 41.4 Å². The van der Waals surface area contributed by atoms with E-state index in [0.29, 0.717) is 12.1 Å². The number of benzene rings is 2. The van der Waals surface area contributed by atoms with Gasteiger partial charge in [0.05, 0.1) is 26.9 Å². The summed E-state index contributed by atoms with van der Waals surface area (Å²) >= 11 is 0. The molecule has 1 aliphatic rings. The number of hydrogen-bond donors (Lipinski definition) is 1. The highest BCUT2D eigenvalue weighted by molar-refractivity contribution is 6.02. The Morgan fingerprint density at radius 3 is 2.13 bits per heavy atom. The lowest BCUT2D eigenvalue weighted by Crippen LogP contribution is -2.12. The number of non-ortho nitro benzene ring substituents is 1. The minimum Gasteiger partial charge on any atom is -0.497 e. The largest absolute Gasteiger partial charge is 0.497 e. The molecule has 158 valence electrons. The molecule has 0 saturated carbocycles. The molecule has 0 spiro atoms. The van der Waals surface area contributed by atoms with Crippen molar-refractivity contribution in [3.05, 3.63) is 77.9 Å². The first-order valence-corrected chi connectivity index (χ1v) is 9.18. The highest BCUT2D eigenvalue weighted by Crippen LogP contribution is 2.38. The van der Waals surface area contributed by atoms with Crippen LogP contribution in [0.3, 0.4) is 0 Å². The molecule has 3 rings (SSSR count). The number of phenolic OH excluding ortho intramolecular Hbond substituents is 1. The van der Waals surface area contributed by atoms with Gasteiger partial charge in [0.25, 0.3) is 11.4 Å². The SMILES string of the molecule is CCCCC1=NCCc2ccccc21.O=[N+]([O-])c1cc([N+](=O)[O-])c(O)c([N+](=O)[O-])c1. The zero-order valence-corrected chi connectivity index (χ0v) is 16.2. The first-order chi connectivity index (χ1) is 14.3. The van der Waals surface area contributed by atoms with E-state index in [1.807, 2.05) is 0 Å². The molecule has 0 unspecified atom stereocenters. The van der Waals surface area contributed by atoms with Gasteiger partial charge in [-0.05, 0) is 30.4 Å². The fourth-order valence-electron chi connectivity index (χ4n) is 2.95. The molecule has 0 aliphatic carbocycles. The van der Waals surface area contributed by atoms with Gasteiger partial charge in [0.1, 0.15) is 0 Å². The van der Waals surface area contributed by atoms with Gasteiger partial charge >= 0.3 is 11.4 Å². The van der Waals surface area contributed by atoms with E-state index in [4.69, 9.17) is 5.11 Å². The van der Waals surface area contributed by atoms with Gasteiger partial charge in [0.15, 0.2) is 0 Å². The fraction of sp³-hybridized carbons (Fsp3) is 0.316. The van der Waals surface area contributed by atoms with Gasteiger partial charge in [0.2, 0.25) is 0 Å². The molecule has 0 bridgehead atoms. The highest BCUT2D eigenvalue weighted by Gasteiger charge is 2.30. The molecule has 11 nitrogen and oxygen atoms in total. The highest BCUT2D eigenvalue weighted by atomic mass is 16.6. The zero-order valence-electron chi connectivity index (χ0n) is 16.2. The molecule has 0 amide bonds. The number of unbranched alkanes of at least 4 members (excludes halogenated alkanes) is 1. The van der Waals surface area contributed by atoms with Gasteiger partial charge in [0, 0.05) is 12.3 Å². The molecule has 0 aromatic heterocycles. The van der Waals surface area contributed by atoms with Crippen molar-refractivity contribution in [3.63, 3.8) is 0 Å². The van der Waals surface area contributed by atoms with Gasteiger partial charge in [-0.25, -0.2) is 0 Å². The molecule has 1 N–H and O–H groups in total. The van der Waals surface area contributed by atoms with Crippen LogP contribution in [0.1, 0.15) is 37.3 Å². The Kier molecular flexibility index (Phi) is 7.50. The van der Waals surface area contributed by atoms with Gasteiger partial charge in [-0.2, -0.15) is 0 Å². The number of rotatable bonds is 6. The lowest BCUT2D eigenvalue weighted by atomic mass is 9.95. The molecule has 0 radical (unpaired) electrons. The topological polar surface area (TPSA) is 162 Å². The second-order valence-corrected chi connectivity index (χ2v) is 6.44. The van der Waals surface area contributed by atoms with Crippen LogP contribution in [0.5, 0.6) is 5.75 Å². The lowest BCUT2D eigenvalue weighted by Gasteiger charge is -2.16. The Bertz CT molecular complexity index is 969. The smallest absolute Gasteiger partial charge is 0.324 e. The van der Waals surface area contributed by atoms with E-state index in [9.17, 15) is 30.3 Å². The number of fused-ring (bicyclic) bond motifs is 1. The van der Waals surface area contributed by atoms with Crippen molar-refractivity contribution >= 4 is 22.8 Å². The van der Waals surface area contributed by atoms with Crippen LogP contribution in [0.25, 0.3) is 0 Å². The van der Waals surface area contributed by atoms with Gasteiger partial charge in [-0.1, -0.05) is 37.6 Å². The number of nitro benzene ring substituents is 3. The molecular formula is C19H20N4O7. The molecule has 2 aromatic rings. The van der Waals surface area contributed by atoms with Crippen molar-refractivity contribution in [2.75, 3.05) is 6.54 Å². The monoisotopic (exact) mass is 416 g/mol. The normalized spacial score (nSPS) is 12.1. The van der Waals surface area contributed by atoms with Crippen LogP contribution in [0, 0.1) is 30.3 Å². The van der Waals surface area contributed by atoms with Crippen molar-refractivity contribution in [2.45, 2.75) is 32.6 Å². The van der Waals surface area contributed by atoms with Crippen LogP contribution >= 0.6 is 0 Å². The summed E-state index contributed by atoms with van der Waals surface area (Å²) in [6.07, 6.45) is 4.77. The Morgan fingerprint density at radius 2 is 1.60 bits per heavy atom. The van der Waals surface area contributed by atoms with Crippen LogP contribution in [0.4, 0.5) is 17.1 Å². The Balaban J connectivity index is 0.000000215. The van der Waals surface area contributed by atoms with E-state index in [2.05, 4.69) is 36.2 Å². The second-order valence-electron chi connectivity index (χ2n) is 6.44. The van der Waals surface area contributed by atoms with E-state index < -0.39 is 37.6 Å². The number of nitrogens with zero attached hydrogens (tertiary/aromatic N) is 4. The van der Waals surface area contributed by atoms with Gasteiger partial charge in [-0.3, -0.25) is 35.3 Å². The van der Waals surface area contributed by atoms with Gasteiger partial charge < -0.3 is 5.11 Å². The van der Waals surface area contributed by atoms with Crippen molar-refractivity contribution in [3.8, 4) is 5.75 Å². The fourth-order valence-corrected chi connectivity index (χ4v) is 2.95. The quantitative estimate of drug-likeness (QED) is 0.541. The number of hydrogen-bond acceptors (Lipinski definition) is 8. The van der Waals surface area contributed by atoms with Crippen molar-refractivity contribution in [1.29, 1.82) is 0 Å². The third-order valence-electron chi connectivity index (χ3n) is 4.44. The Labute approximate surface area is 171 Å². The van der Waals surface area contributed by atoms with Crippen LogP contribution < -0.4 is 0 Å². The summed E-state index contributed by atoms with van der Waals surface area (Å²) in [7, 11) is 0. The van der Waals surface area contributed by atoms with E-state index in [1.54, 1.807) is 0 Å². The third-order valence-corrected chi connectivity index (χ3v) is 4.44. The minimum atomic E-state index is -1.21. The Hall–Kier alpha value is -3.89. The lowest BCUT2D eigenvalue weighted by molar-refractivity contribution is -0.404. The summed E-state index contributed by atoms with van der Waals surface area (Å²) in [5.41, 5.74) is 1.20. The van der Waals surface area contributed by atoms with E-state index in [0.717, 1.165) is 19.4 Å². The predicted octanol–water partition coefficient (Wildman–Crippen LogP) is 4.34. The number of nitro groups is 3. The molecule has 2 aromatic carbocycles. The van der Waals surface area contributed by atoms with Crippen LogP contribution in [-0.4, -0.2) is 32.1 Å². The van der Waals surface area contributed by atoms with Crippen molar-refractivity contribution in [2.24, 2.45) is 4.99 Å². The molecule has 0 fully saturated rings. The van der Waals surface area contributed by atoms with Crippen LogP contribution in [-0.2, 0) is 6.42 Å². The van der Waals surface area contributed by atoms with E-state index in [1.165, 1.54) is 29.7 Å². The maximum Gasteiger partial charge on any atom is 0.324 e. The minimum absolute atomic E-state index is 0.447. The van der Waals surface area contributed by atoms with Crippen LogP contribution in [0.2, 0.25) is 0 Å². The number of aromatic hydroxyl groups is 1. The number of phenols is 1. The predicted molar refractivity (Wildman–Crippen MR) is 109 cm³/mol. The Morgan fingerprint density at radius 1 is 1.00 bits per heavy atom. The summed E-state index contributed by atoms with van der Waals surface area (Å²) < 4.78 is 0. The summed E-state index contributed by atoms with van der Waals surface area (Å²) in [5, 5.41) is 40.2. The molecule has 11 heteroatoms. The molecule has 0 saturated heterocycles. The summed E-state index contributed by atoms with van der Waals surface area (Å²) in [6, 6.07) is 9.58. The van der Waals surface area contributed by atoms with Gasteiger partial charge in [-0.15, -0.1) is 0 Å². The first kappa shape index (κ1) is 22.4. The second kappa shape index (κ2) is 10.0. The first-order valence-electron chi connectivity index (χ1n) is 9.18. The summed E-state index contributed by atoms with van der Waals surface area (Å²) in [5.74, 6) is -1.21.